The number of carbonyl (C=O) groups excluding carboxylic acids is 1. The Balaban J connectivity index is 2.35. The van der Waals surface area contributed by atoms with E-state index in [4.69, 9.17) is 0 Å². The molecule has 1 aliphatic rings. The van der Waals surface area contributed by atoms with Crippen molar-refractivity contribution in [3.8, 4) is 0 Å². The predicted octanol–water partition coefficient (Wildman–Crippen LogP) is 2.41. The molecule has 0 bridgehead atoms. The predicted molar refractivity (Wildman–Crippen MR) is 73.3 cm³/mol. The maximum atomic E-state index is 11.4. The second kappa shape index (κ2) is 5.11. The minimum absolute atomic E-state index is 0.104. The molecule has 1 aromatic rings. The highest BCUT2D eigenvalue weighted by Crippen LogP contribution is 2.30. The van der Waals surface area contributed by atoms with E-state index in [1.165, 1.54) is 11.3 Å². The van der Waals surface area contributed by atoms with Gasteiger partial charge >= 0.3 is 0 Å². The van der Waals surface area contributed by atoms with E-state index in [9.17, 15) is 9.90 Å². The third-order valence-corrected chi connectivity index (χ3v) is 3.83. The Hall–Kier alpha value is -1.35. The molecule has 18 heavy (non-hydrogen) atoms. The molecule has 1 N–H and O–H groups in total. The summed E-state index contributed by atoms with van der Waals surface area (Å²) in [5.74, 6) is 0.110. The van der Waals surface area contributed by atoms with Crippen LogP contribution in [0.5, 0.6) is 0 Å². The third-order valence-electron chi connectivity index (χ3n) is 3.83. The molecular formula is C15H21NO2. The first-order valence-corrected chi connectivity index (χ1v) is 6.59. The molecule has 2 unspecified atom stereocenters. The second-order valence-electron chi connectivity index (χ2n) is 5.18. The lowest BCUT2D eigenvalue weighted by atomic mass is 9.96. The van der Waals surface area contributed by atoms with Gasteiger partial charge in [0.05, 0.1) is 12.1 Å². The van der Waals surface area contributed by atoms with Gasteiger partial charge in [-0.05, 0) is 57.4 Å². The number of ketones is 1. The molecule has 0 amide bonds. The van der Waals surface area contributed by atoms with E-state index in [1.54, 1.807) is 6.92 Å². The fourth-order valence-corrected chi connectivity index (χ4v) is 2.53. The van der Waals surface area contributed by atoms with Crippen LogP contribution in [0.1, 0.15) is 43.1 Å². The van der Waals surface area contributed by atoms with Gasteiger partial charge in [0.1, 0.15) is 0 Å². The molecule has 0 saturated carbocycles. The quantitative estimate of drug-likeness (QED) is 0.834. The first kappa shape index (κ1) is 13.1. The Labute approximate surface area is 108 Å². The highest BCUT2D eigenvalue weighted by Gasteiger charge is 2.24. The minimum Gasteiger partial charge on any atom is -0.391 e. The van der Waals surface area contributed by atoms with Crippen molar-refractivity contribution in [1.82, 2.24) is 0 Å². The Kier molecular flexibility index (Phi) is 3.71. The van der Waals surface area contributed by atoms with E-state index in [2.05, 4.69) is 4.90 Å². The maximum Gasteiger partial charge on any atom is 0.159 e. The molecule has 0 aliphatic carbocycles. The fraction of sp³-hybridized carbons (Fsp3) is 0.533. The van der Waals surface area contributed by atoms with Crippen molar-refractivity contribution in [2.45, 2.75) is 45.8 Å². The highest BCUT2D eigenvalue weighted by molar-refractivity contribution is 5.94. The van der Waals surface area contributed by atoms with Crippen molar-refractivity contribution in [3.05, 3.63) is 29.3 Å². The number of nitrogens with zero attached hydrogens (tertiary/aromatic N) is 1. The van der Waals surface area contributed by atoms with Crippen molar-refractivity contribution in [2.75, 3.05) is 11.4 Å². The van der Waals surface area contributed by atoms with Crippen LogP contribution in [0, 0.1) is 0 Å². The monoisotopic (exact) mass is 247 g/mol. The Morgan fingerprint density at radius 1 is 1.39 bits per heavy atom. The first-order chi connectivity index (χ1) is 8.50. The van der Waals surface area contributed by atoms with Gasteiger partial charge in [-0.2, -0.15) is 0 Å². The van der Waals surface area contributed by atoms with Crippen LogP contribution in [0.4, 0.5) is 5.69 Å². The van der Waals surface area contributed by atoms with Crippen LogP contribution in [0.3, 0.4) is 0 Å². The summed E-state index contributed by atoms with van der Waals surface area (Å²) in [4.78, 5) is 13.6. The van der Waals surface area contributed by atoms with Crippen LogP contribution >= 0.6 is 0 Å². The molecule has 0 radical (unpaired) electrons. The highest BCUT2D eigenvalue weighted by atomic mass is 16.3. The van der Waals surface area contributed by atoms with E-state index >= 15 is 0 Å². The van der Waals surface area contributed by atoms with Crippen LogP contribution in [0.25, 0.3) is 0 Å². The maximum absolute atomic E-state index is 11.4. The minimum atomic E-state index is -0.358. The van der Waals surface area contributed by atoms with Gasteiger partial charge in [-0.1, -0.05) is 0 Å². The summed E-state index contributed by atoms with van der Waals surface area (Å²) < 4.78 is 0. The van der Waals surface area contributed by atoms with Crippen LogP contribution in [-0.4, -0.2) is 29.6 Å². The largest absolute Gasteiger partial charge is 0.391 e. The van der Waals surface area contributed by atoms with Gasteiger partial charge < -0.3 is 10.0 Å². The van der Waals surface area contributed by atoms with Gasteiger partial charge in [0.15, 0.2) is 5.78 Å². The van der Waals surface area contributed by atoms with Crippen LogP contribution in [0.15, 0.2) is 18.2 Å². The molecule has 1 heterocycles. The average Bonchev–Trinajstić information content (AvgIpc) is 2.36. The topological polar surface area (TPSA) is 40.5 Å². The molecule has 3 nitrogen and oxygen atoms in total. The number of hydrogen-bond acceptors (Lipinski definition) is 3. The van der Waals surface area contributed by atoms with Gasteiger partial charge in [0.25, 0.3) is 0 Å². The van der Waals surface area contributed by atoms with Crippen molar-refractivity contribution >= 4 is 11.5 Å². The molecule has 1 aromatic carbocycles. The zero-order chi connectivity index (χ0) is 13.3. The summed E-state index contributed by atoms with van der Waals surface area (Å²) >= 11 is 0. The lowest BCUT2D eigenvalue weighted by molar-refractivity contribution is 0.101. The standard InChI is InChI=1S/C15H21NO2/c1-10(11(2)17)16-8-4-5-14-9-13(12(3)18)6-7-15(14)16/h6-7,9-11,17H,4-5,8H2,1-3H3. The number of rotatable bonds is 3. The molecule has 98 valence electrons. The Morgan fingerprint density at radius 3 is 2.72 bits per heavy atom. The van der Waals surface area contributed by atoms with Gasteiger partial charge in [0.2, 0.25) is 0 Å². The number of aryl methyl sites for hydroxylation is 1. The van der Waals surface area contributed by atoms with E-state index in [-0.39, 0.29) is 17.9 Å². The lowest BCUT2D eigenvalue weighted by Gasteiger charge is -2.37. The molecule has 1 aliphatic heterocycles. The van der Waals surface area contributed by atoms with E-state index in [0.717, 1.165) is 24.9 Å². The molecule has 0 aromatic heterocycles. The van der Waals surface area contributed by atoms with E-state index < -0.39 is 0 Å². The molecule has 2 rings (SSSR count). The van der Waals surface area contributed by atoms with Gasteiger partial charge in [-0.15, -0.1) is 0 Å². The van der Waals surface area contributed by atoms with Crippen molar-refractivity contribution in [2.24, 2.45) is 0 Å². The molecular weight excluding hydrogens is 226 g/mol. The number of carbonyl (C=O) groups is 1. The summed E-state index contributed by atoms with van der Waals surface area (Å²) in [5, 5.41) is 9.75. The second-order valence-corrected chi connectivity index (χ2v) is 5.18. The van der Waals surface area contributed by atoms with Crippen LogP contribution < -0.4 is 4.90 Å². The molecule has 0 spiro atoms. The summed E-state index contributed by atoms with van der Waals surface area (Å²) in [7, 11) is 0. The smallest absolute Gasteiger partial charge is 0.159 e. The number of aliphatic hydroxyl groups is 1. The third kappa shape index (κ3) is 2.41. The van der Waals surface area contributed by atoms with Gasteiger partial charge in [0, 0.05) is 17.8 Å². The fourth-order valence-electron chi connectivity index (χ4n) is 2.53. The first-order valence-electron chi connectivity index (χ1n) is 6.59. The number of benzene rings is 1. The molecule has 0 saturated heterocycles. The Morgan fingerprint density at radius 2 is 2.11 bits per heavy atom. The summed E-state index contributed by atoms with van der Waals surface area (Å²) in [6, 6.07) is 6.00. The zero-order valence-corrected chi connectivity index (χ0v) is 11.3. The number of hydrogen-bond donors (Lipinski definition) is 1. The van der Waals surface area contributed by atoms with E-state index in [1.807, 2.05) is 32.0 Å². The van der Waals surface area contributed by atoms with Crippen molar-refractivity contribution in [1.29, 1.82) is 0 Å². The summed E-state index contributed by atoms with van der Waals surface area (Å²) in [5.41, 5.74) is 3.17. The van der Waals surface area contributed by atoms with Crippen molar-refractivity contribution < 1.29 is 9.90 Å². The number of aliphatic hydroxyl groups excluding tert-OH is 1. The van der Waals surface area contributed by atoms with Gasteiger partial charge in [-0.25, -0.2) is 0 Å². The van der Waals surface area contributed by atoms with E-state index in [0.29, 0.717) is 0 Å². The molecule has 2 atom stereocenters. The zero-order valence-electron chi connectivity index (χ0n) is 11.3. The van der Waals surface area contributed by atoms with Gasteiger partial charge in [-0.3, -0.25) is 4.79 Å². The van der Waals surface area contributed by atoms with Crippen LogP contribution in [0.2, 0.25) is 0 Å². The SMILES string of the molecule is CC(=O)c1ccc2c(c1)CCCN2C(C)C(C)O. The lowest BCUT2D eigenvalue weighted by Crippen LogP contribution is -2.43. The normalized spacial score (nSPS) is 18.1. The Bertz CT molecular complexity index is 454. The number of fused-ring (bicyclic) bond motifs is 1. The molecule has 0 fully saturated rings. The van der Waals surface area contributed by atoms with Crippen LogP contribution in [-0.2, 0) is 6.42 Å². The summed E-state index contributed by atoms with van der Waals surface area (Å²) in [6.07, 6.45) is 1.73. The average molecular weight is 247 g/mol. The number of Topliss-reactive ketones (excluding diaryl/α,β-unsaturated/α-hetero) is 1. The number of anilines is 1. The summed E-state index contributed by atoms with van der Waals surface area (Å²) in [6.45, 7) is 6.43. The molecule has 3 heteroatoms. The van der Waals surface area contributed by atoms with Crippen molar-refractivity contribution in [3.63, 3.8) is 0 Å².